The molecule has 0 unspecified atom stereocenters. The molecule has 26 heavy (non-hydrogen) atoms. The highest BCUT2D eigenvalue weighted by molar-refractivity contribution is 9.12. The van der Waals surface area contributed by atoms with Crippen molar-refractivity contribution in [2.24, 2.45) is 0 Å². The van der Waals surface area contributed by atoms with Crippen molar-refractivity contribution >= 4 is 33.8 Å². The third-order valence-corrected chi connectivity index (χ3v) is 4.39. The summed E-state index contributed by atoms with van der Waals surface area (Å²) in [5.41, 5.74) is 1.62. The number of benzene rings is 1. The number of Topliss-reactive ketones (excluding diaryl/α,β-unsaturated/α-hetero) is 1. The van der Waals surface area contributed by atoms with Crippen LogP contribution >= 0.6 is 15.9 Å². The molecule has 136 valence electrons. The van der Waals surface area contributed by atoms with Gasteiger partial charge in [-0.2, -0.15) is 0 Å². The van der Waals surface area contributed by atoms with E-state index in [4.69, 9.17) is 9.47 Å². The van der Waals surface area contributed by atoms with Crippen molar-refractivity contribution in [3.05, 3.63) is 70.3 Å². The maximum atomic E-state index is 11.6. The van der Waals surface area contributed by atoms with Gasteiger partial charge in [0.25, 0.3) is 0 Å². The average Bonchev–Trinajstić information content (AvgIpc) is 3.09. The van der Waals surface area contributed by atoms with Gasteiger partial charge in [0, 0.05) is 15.6 Å². The van der Waals surface area contributed by atoms with Crippen molar-refractivity contribution < 1.29 is 19.1 Å². The zero-order valence-corrected chi connectivity index (χ0v) is 16.6. The van der Waals surface area contributed by atoms with E-state index < -0.39 is 5.60 Å². The number of ether oxygens (including phenoxy) is 2. The maximum absolute atomic E-state index is 11.6. The summed E-state index contributed by atoms with van der Waals surface area (Å²) in [6.45, 7) is 9.17. The van der Waals surface area contributed by atoms with Crippen molar-refractivity contribution in [3.8, 4) is 5.75 Å². The van der Waals surface area contributed by atoms with Gasteiger partial charge in [-0.1, -0.05) is 46.8 Å². The first-order valence-electron chi connectivity index (χ1n) is 8.21. The van der Waals surface area contributed by atoms with Gasteiger partial charge in [-0.15, -0.1) is 0 Å². The normalized spacial score (nSPS) is 14.6. The topological polar surface area (TPSA) is 52.6 Å². The number of carbonyl (C=O) groups excluding carboxylic acids is 2. The molecule has 0 radical (unpaired) electrons. The highest BCUT2D eigenvalue weighted by Gasteiger charge is 2.31. The van der Waals surface area contributed by atoms with E-state index in [9.17, 15) is 9.59 Å². The quantitative estimate of drug-likeness (QED) is 0.648. The van der Waals surface area contributed by atoms with Crippen LogP contribution in [-0.2, 0) is 14.3 Å². The maximum Gasteiger partial charge on any atom is 0.349 e. The lowest BCUT2D eigenvalue weighted by Crippen LogP contribution is -2.39. The summed E-state index contributed by atoms with van der Waals surface area (Å²) < 4.78 is 11.5. The molecule has 1 aromatic rings. The summed E-state index contributed by atoms with van der Waals surface area (Å²) in [6.07, 6.45) is 7.27. The monoisotopic (exact) mass is 416 g/mol. The van der Waals surface area contributed by atoms with E-state index in [1.807, 2.05) is 30.4 Å². The first kappa shape index (κ1) is 19.9. The molecule has 1 aromatic carbocycles. The predicted octanol–water partition coefficient (Wildman–Crippen LogP) is 4.76. The highest BCUT2D eigenvalue weighted by atomic mass is 79.9. The average molecular weight is 417 g/mol. The number of hydrogen-bond donors (Lipinski definition) is 0. The molecular weight excluding hydrogens is 396 g/mol. The molecule has 0 atom stereocenters. The van der Waals surface area contributed by atoms with Crippen LogP contribution < -0.4 is 4.74 Å². The summed E-state index contributed by atoms with van der Waals surface area (Å²) in [4.78, 5) is 22.6. The van der Waals surface area contributed by atoms with Gasteiger partial charge in [0.15, 0.2) is 11.4 Å². The van der Waals surface area contributed by atoms with E-state index in [1.165, 1.54) is 0 Å². The SMILES string of the molecule is C=Cc1ccc(OC(C)(C)C(=O)OCC)cc1.O=C1C2=CC(Br)=C1C=C2. The van der Waals surface area contributed by atoms with Crippen LogP contribution in [0.4, 0.5) is 0 Å². The van der Waals surface area contributed by atoms with E-state index in [0.29, 0.717) is 12.4 Å². The molecular formula is C21H21BrO4. The number of fused-ring (bicyclic) bond motifs is 2. The molecule has 0 fully saturated rings. The summed E-state index contributed by atoms with van der Waals surface area (Å²) in [7, 11) is 0. The third kappa shape index (κ3) is 4.61. The van der Waals surface area contributed by atoms with Crippen molar-refractivity contribution in [2.75, 3.05) is 6.61 Å². The number of allylic oxidation sites excluding steroid dienone is 6. The fourth-order valence-corrected chi connectivity index (χ4v) is 2.87. The number of hydrogen-bond acceptors (Lipinski definition) is 4. The summed E-state index contributed by atoms with van der Waals surface area (Å²) in [5.74, 6) is 0.420. The lowest BCUT2D eigenvalue weighted by atomic mass is 10.1. The van der Waals surface area contributed by atoms with Gasteiger partial charge in [-0.05, 0) is 50.6 Å². The minimum absolute atomic E-state index is 0.155. The molecule has 3 rings (SSSR count). The van der Waals surface area contributed by atoms with Crippen LogP contribution in [0, 0.1) is 0 Å². The fourth-order valence-electron chi connectivity index (χ4n) is 2.31. The second kappa shape index (κ2) is 8.32. The molecule has 0 amide bonds. The number of esters is 1. The smallest absolute Gasteiger partial charge is 0.349 e. The molecule has 0 saturated carbocycles. The van der Waals surface area contributed by atoms with Crippen LogP contribution in [-0.4, -0.2) is 24.0 Å². The summed E-state index contributed by atoms with van der Waals surface area (Å²) >= 11 is 3.27. The van der Waals surface area contributed by atoms with Gasteiger partial charge in [0.2, 0.25) is 0 Å². The summed E-state index contributed by atoms with van der Waals surface area (Å²) in [5, 5.41) is 0. The molecule has 2 aliphatic carbocycles. The Morgan fingerprint density at radius 2 is 1.88 bits per heavy atom. The zero-order chi connectivity index (χ0) is 19.3. The van der Waals surface area contributed by atoms with Crippen LogP contribution in [0.5, 0.6) is 5.75 Å². The molecule has 0 N–H and O–H groups in total. The van der Waals surface area contributed by atoms with Gasteiger partial charge in [0.05, 0.1) is 6.61 Å². The predicted molar refractivity (Wildman–Crippen MR) is 106 cm³/mol. The van der Waals surface area contributed by atoms with Crippen molar-refractivity contribution in [2.45, 2.75) is 26.4 Å². The van der Waals surface area contributed by atoms with E-state index in [2.05, 4.69) is 22.5 Å². The Hall–Kier alpha value is -2.40. The second-order valence-electron chi connectivity index (χ2n) is 6.13. The van der Waals surface area contributed by atoms with Gasteiger partial charge < -0.3 is 9.47 Å². The van der Waals surface area contributed by atoms with Gasteiger partial charge in [0.1, 0.15) is 5.75 Å². The van der Waals surface area contributed by atoms with E-state index in [1.54, 1.807) is 39.0 Å². The second-order valence-corrected chi connectivity index (χ2v) is 6.98. The Labute approximate surface area is 162 Å². The fraction of sp³-hybridized carbons (Fsp3) is 0.238. The lowest BCUT2D eigenvalue weighted by Gasteiger charge is -2.24. The van der Waals surface area contributed by atoms with Crippen LogP contribution in [0.2, 0.25) is 0 Å². The van der Waals surface area contributed by atoms with E-state index in [0.717, 1.165) is 21.2 Å². The van der Waals surface area contributed by atoms with Crippen molar-refractivity contribution in [1.82, 2.24) is 0 Å². The van der Waals surface area contributed by atoms with E-state index >= 15 is 0 Å². The molecule has 5 heteroatoms. The third-order valence-electron chi connectivity index (χ3n) is 3.73. The van der Waals surface area contributed by atoms with Crippen molar-refractivity contribution in [3.63, 3.8) is 0 Å². The van der Waals surface area contributed by atoms with Crippen LogP contribution in [0.3, 0.4) is 0 Å². The molecule has 4 nitrogen and oxygen atoms in total. The molecule has 2 aliphatic rings. The van der Waals surface area contributed by atoms with E-state index in [-0.39, 0.29) is 11.8 Å². The Kier molecular flexibility index (Phi) is 6.37. The first-order chi connectivity index (χ1) is 12.3. The summed E-state index contributed by atoms with van der Waals surface area (Å²) in [6, 6.07) is 7.36. The Morgan fingerprint density at radius 3 is 2.27 bits per heavy atom. The number of halogens is 1. The first-order valence-corrected chi connectivity index (χ1v) is 9.00. The largest absolute Gasteiger partial charge is 0.476 e. The Bertz CT molecular complexity index is 811. The number of ketones is 1. The van der Waals surface area contributed by atoms with Crippen molar-refractivity contribution in [1.29, 1.82) is 0 Å². The number of carbonyl (C=O) groups is 2. The van der Waals surface area contributed by atoms with Crippen LogP contribution in [0.15, 0.2) is 64.7 Å². The van der Waals surface area contributed by atoms with Crippen LogP contribution in [0.1, 0.15) is 26.3 Å². The lowest BCUT2D eigenvalue weighted by molar-refractivity contribution is -0.158. The molecule has 0 aliphatic heterocycles. The van der Waals surface area contributed by atoms with Crippen LogP contribution in [0.25, 0.3) is 6.08 Å². The molecule has 0 aromatic heterocycles. The highest BCUT2D eigenvalue weighted by Crippen LogP contribution is 2.32. The van der Waals surface area contributed by atoms with Gasteiger partial charge in [-0.25, -0.2) is 4.79 Å². The molecule has 2 bridgehead atoms. The minimum atomic E-state index is -0.980. The minimum Gasteiger partial charge on any atom is -0.476 e. The standard InChI is InChI=1S/C14H18O3.C7H3BrO/c1-5-11-7-9-12(10-8-11)17-14(3,4)13(15)16-6-2;8-6-3-4-1-2-5(6)7(4)9/h5,7-10H,1,6H2,2-4H3;1-3H. The van der Waals surface area contributed by atoms with Gasteiger partial charge in [-0.3, -0.25) is 4.79 Å². The molecule has 0 spiro atoms. The number of rotatable bonds is 5. The zero-order valence-electron chi connectivity index (χ0n) is 15.0. The molecule has 0 heterocycles. The van der Waals surface area contributed by atoms with Gasteiger partial charge >= 0.3 is 5.97 Å². The molecule has 0 saturated heterocycles. The Morgan fingerprint density at radius 1 is 1.23 bits per heavy atom. The Balaban J connectivity index is 0.000000223.